The van der Waals surface area contributed by atoms with Gasteiger partial charge in [-0.25, -0.2) is 17.5 Å². The van der Waals surface area contributed by atoms with E-state index in [9.17, 15) is 30.8 Å². The minimum atomic E-state index is -4.67. The molecule has 2 aromatic rings. The molecule has 0 aliphatic heterocycles. The normalized spacial score (nSPS) is 12.3. The van der Waals surface area contributed by atoms with Crippen molar-refractivity contribution in [3.63, 3.8) is 0 Å². The number of alkyl halides is 3. The van der Waals surface area contributed by atoms with Crippen LogP contribution in [0.5, 0.6) is 0 Å². The van der Waals surface area contributed by atoms with Crippen molar-refractivity contribution in [2.75, 3.05) is 11.9 Å². The monoisotopic (exact) mass is 402 g/mol. The Bertz CT molecular complexity index is 939. The van der Waals surface area contributed by atoms with E-state index in [1.807, 2.05) is 0 Å². The molecule has 10 heteroatoms. The van der Waals surface area contributed by atoms with Gasteiger partial charge in [0.05, 0.1) is 4.90 Å². The molecular formula is C17H14F4N2O3S. The number of anilines is 1. The first kappa shape index (κ1) is 20.6. The van der Waals surface area contributed by atoms with E-state index in [1.54, 1.807) is 6.07 Å². The third kappa shape index (κ3) is 6.83. The van der Waals surface area contributed by atoms with Crippen LogP contribution in [0.1, 0.15) is 5.56 Å². The molecule has 0 heterocycles. The smallest absolute Gasteiger partial charge is 0.323 e. The first-order valence-corrected chi connectivity index (χ1v) is 8.95. The van der Waals surface area contributed by atoms with E-state index in [-0.39, 0.29) is 10.6 Å². The van der Waals surface area contributed by atoms with E-state index in [2.05, 4.69) is 5.32 Å². The maximum Gasteiger partial charge on any atom is 0.402 e. The zero-order valence-electron chi connectivity index (χ0n) is 13.6. The second-order valence-electron chi connectivity index (χ2n) is 5.34. The van der Waals surface area contributed by atoms with Crippen molar-refractivity contribution < 1.29 is 30.8 Å². The van der Waals surface area contributed by atoms with Crippen molar-refractivity contribution in [2.24, 2.45) is 0 Å². The molecule has 0 aromatic heterocycles. The third-order valence-electron chi connectivity index (χ3n) is 3.17. The summed E-state index contributed by atoms with van der Waals surface area (Å²) in [4.78, 5) is 11.4. The number of halogens is 4. The highest BCUT2D eigenvalue weighted by Crippen LogP contribution is 2.17. The topological polar surface area (TPSA) is 75.3 Å². The van der Waals surface area contributed by atoms with Gasteiger partial charge in [-0.2, -0.15) is 13.2 Å². The van der Waals surface area contributed by atoms with Crippen LogP contribution in [0.25, 0.3) is 6.08 Å². The van der Waals surface area contributed by atoms with Gasteiger partial charge in [-0.3, -0.25) is 4.79 Å². The van der Waals surface area contributed by atoms with Gasteiger partial charge in [0.1, 0.15) is 12.4 Å². The van der Waals surface area contributed by atoms with Crippen LogP contribution in [-0.4, -0.2) is 27.0 Å². The molecule has 2 rings (SSSR count). The van der Waals surface area contributed by atoms with Crippen LogP contribution < -0.4 is 10.0 Å². The molecule has 0 radical (unpaired) electrons. The summed E-state index contributed by atoms with van der Waals surface area (Å²) in [5.41, 5.74) is 0.709. The van der Waals surface area contributed by atoms with Gasteiger partial charge in [0, 0.05) is 11.8 Å². The fraction of sp³-hybridized carbons (Fsp3) is 0.118. The van der Waals surface area contributed by atoms with Gasteiger partial charge in [-0.1, -0.05) is 12.1 Å². The molecule has 0 aliphatic carbocycles. The van der Waals surface area contributed by atoms with Gasteiger partial charge < -0.3 is 5.32 Å². The van der Waals surface area contributed by atoms with Crippen LogP contribution in [0, 0.1) is 5.82 Å². The van der Waals surface area contributed by atoms with Crippen molar-refractivity contribution in [1.82, 2.24) is 4.72 Å². The summed E-state index contributed by atoms with van der Waals surface area (Å²) in [5, 5.41) is 2.45. The molecular weight excluding hydrogens is 388 g/mol. The van der Waals surface area contributed by atoms with Gasteiger partial charge in [-0.15, -0.1) is 0 Å². The standard InChI is InChI=1S/C17H14F4N2O3S/c18-13-3-1-2-12(10-13)4-9-16(24)23-14-5-7-15(8-6-14)27(25,26)22-11-17(19,20)21/h1-10,22H,11H2,(H,23,24)/b9-4+. The molecule has 5 nitrogen and oxygen atoms in total. The summed E-state index contributed by atoms with van der Waals surface area (Å²) in [6.45, 7) is -1.68. The maximum absolute atomic E-state index is 13.0. The highest BCUT2D eigenvalue weighted by molar-refractivity contribution is 7.89. The minimum Gasteiger partial charge on any atom is -0.323 e. The van der Waals surface area contributed by atoms with Crippen LogP contribution >= 0.6 is 0 Å². The van der Waals surface area contributed by atoms with Crippen molar-refractivity contribution in [2.45, 2.75) is 11.1 Å². The SMILES string of the molecule is O=C(/C=C/c1cccc(F)c1)Nc1ccc(S(=O)(=O)NCC(F)(F)F)cc1. The Morgan fingerprint density at radius 1 is 1.07 bits per heavy atom. The number of benzene rings is 2. The average Bonchev–Trinajstić information content (AvgIpc) is 2.58. The number of carbonyl (C=O) groups is 1. The van der Waals surface area contributed by atoms with E-state index in [4.69, 9.17) is 0 Å². The minimum absolute atomic E-state index is 0.235. The molecule has 0 atom stereocenters. The predicted octanol–water partition coefficient (Wildman–Crippen LogP) is 3.32. The van der Waals surface area contributed by atoms with Crippen LogP contribution in [0.15, 0.2) is 59.5 Å². The van der Waals surface area contributed by atoms with Crippen LogP contribution in [0.4, 0.5) is 23.2 Å². The molecule has 2 N–H and O–H groups in total. The van der Waals surface area contributed by atoms with E-state index >= 15 is 0 Å². The quantitative estimate of drug-likeness (QED) is 0.575. The second kappa shape index (κ2) is 8.31. The molecule has 0 aliphatic rings. The number of hydrogen-bond donors (Lipinski definition) is 2. The third-order valence-corrected chi connectivity index (χ3v) is 4.59. The second-order valence-corrected chi connectivity index (χ2v) is 7.11. The first-order valence-electron chi connectivity index (χ1n) is 7.46. The van der Waals surface area contributed by atoms with Crippen LogP contribution in [0.3, 0.4) is 0 Å². The van der Waals surface area contributed by atoms with Crippen molar-refractivity contribution >= 4 is 27.7 Å². The molecule has 0 spiro atoms. The Balaban J connectivity index is 1.99. The molecule has 0 unspecified atom stereocenters. The summed E-state index contributed by atoms with van der Waals surface area (Å²) in [5.74, 6) is -1.00. The largest absolute Gasteiger partial charge is 0.402 e. The Morgan fingerprint density at radius 2 is 1.74 bits per heavy atom. The van der Waals surface area contributed by atoms with Crippen molar-refractivity contribution in [1.29, 1.82) is 0 Å². The van der Waals surface area contributed by atoms with Gasteiger partial charge >= 0.3 is 6.18 Å². The van der Waals surface area contributed by atoms with Gasteiger partial charge in [-0.05, 0) is 48.0 Å². The summed E-state index contributed by atoms with van der Waals surface area (Å²) in [7, 11) is -4.32. The summed E-state index contributed by atoms with van der Waals surface area (Å²) in [6.07, 6.45) is -2.13. The lowest BCUT2D eigenvalue weighted by Gasteiger charge is -2.10. The lowest BCUT2D eigenvalue weighted by molar-refractivity contribution is -0.121. The Labute approximate surface area is 152 Å². The summed E-state index contributed by atoms with van der Waals surface area (Å²) >= 11 is 0. The summed E-state index contributed by atoms with van der Waals surface area (Å²) in [6, 6.07) is 10.2. The zero-order valence-corrected chi connectivity index (χ0v) is 14.4. The molecule has 2 aromatic carbocycles. The van der Waals surface area contributed by atoms with Gasteiger partial charge in [0.25, 0.3) is 0 Å². The fourth-order valence-corrected chi connectivity index (χ4v) is 2.96. The van der Waals surface area contributed by atoms with E-state index in [0.717, 1.165) is 18.2 Å². The van der Waals surface area contributed by atoms with E-state index < -0.39 is 34.5 Å². The number of sulfonamides is 1. The van der Waals surface area contributed by atoms with Gasteiger partial charge in [0.15, 0.2) is 0 Å². The highest BCUT2D eigenvalue weighted by Gasteiger charge is 2.30. The Hall–Kier alpha value is -2.72. The summed E-state index contributed by atoms with van der Waals surface area (Å²) < 4.78 is 74.4. The number of rotatable bonds is 6. The molecule has 0 saturated heterocycles. The maximum atomic E-state index is 13.0. The lowest BCUT2D eigenvalue weighted by atomic mass is 10.2. The van der Waals surface area contributed by atoms with E-state index in [0.29, 0.717) is 5.56 Å². The molecule has 0 bridgehead atoms. The number of nitrogens with one attached hydrogen (secondary N) is 2. The predicted molar refractivity (Wildman–Crippen MR) is 91.7 cm³/mol. The van der Waals surface area contributed by atoms with Crippen LogP contribution in [0.2, 0.25) is 0 Å². The van der Waals surface area contributed by atoms with Crippen molar-refractivity contribution in [3.8, 4) is 0 Å². The highest BCUT2D eigenvalue weighted by atomic mass is 32.2. The molecule has 1 amide bonds. The number of hydrogen-bond acceptors (Lipinski definition) is 3. The molecule has 0 fully saturated rings. The number of carbonyl (C=O) groups excluding carboxylic acids is 1. The zero-order chi connectivity index (χ0) is 20.1. The van der Waals surface area contributed by atoms with Crippen LogP contribution in [-0.2, 0) is 14.8 Å². The molecule has 0 saturated carbocycles. The lowest BCUT2D eigenvalue weighted by Crippen LogP contribution is -2.33. The van der Waals surface area contributed by atoms with Crippen molar-refractivity contribution in [3.05, 3.63) is 66.0 Å². The number of amides is 1. The van der Waals surface area contributed by atoms with E-state index in [1.165, 1.54) is 41.1 Å². The Kier molecular flexibility index (Phi) is 6.34. The Morgan fingerprint density at radius 3 is 2.33 bits per heavy atom. The molecule has 27 heavy (non-hydrogen) atoms. The van der Waals surface area contributed by atoms with Gasteiger partial charge in [0.2, 0.25) is 15.9 Å². The molecule has 144 valence electrons. The fourth-order valence-electron chi connectivity index (χ4n) is 1.94. The average molecular weight is 402 g/mol. The first-order chi connectivity index (χ1) is 12.5.